The summed E-state index contributed by atoms with van der Waals surface area (Å²) in [4.78, 5) is 10.8. The van der Waals surface area contributed by atoms with E-state index in [9.17, 15) is 4.79 Å². The standard InChI is InChI=1S/C10H8O4/c1-13-7-3-2-4-8-9(7)6(5-14-8)10(11)12/h2-5H,1H3,(H,11,12). The lowest BCUT2D eigenvalue weighted by atomic mass is 10.1. The summed E-state index contributed by atoms with van der Waals surface area (Å²) < 4.78 is 10.1. The Balaban J connectivity index is 2.81. The molecule has 0 bridgehead atoms. The summed E-state index contributed by atoms with van der Waals surface area (Å²) in [6.07, 6.45) is 1.22. The minimum atomic E-state index is -1.02. The summed E-state index contributed by atoms with van der Waals surface area (Å²) >= 11 is 0. The Labute approximate surface area is 79.7 Å². The van der Waals surface area contributed by atoms with Crippen molar-refractivity contribution in [2.75, 3.05) is 7.11 Å². The number of furan rings is 1. The zero-order chi connectivity index (χ0) is 10.1. The molecule has 0 amide bonds. The van der Waals surface area contributed by atoms with Crippen molar-refractivity contribution in [3.63, 3.8) is 0 Å². The second kappa shape index (κ2) is 3.06. The molecule has 1 aromatic carbocycles. The van der Waals surface area contributed by atoms with Crippen molar-refractivity contribution < 1.29 is 19.1 Å². The molecule has 1 N–H and O–H groups in total. The number of rotatable bonds is 2. The quantitative estimate of drug-likeness (QED) is 0.791. The number of fused-ring (bicyclic) bond motifs is 1. The summed E-state index contributed by atoms with van der Waals surface area (Å²) in [5.41, 5.74) is 0.638. The third-order valence-corrected chi connectivity index (χ3v) is 2.01. The van der Waals surface area contributed by atoms with Crippen molar-refractivity contribution in [2.45, 2.75) is 0 Å². The van der Waals surface area contributed by atoms with Crippen LogP contribution in [0.4, 0.5) is 0 Å². The van der Waals surface area contributed by atoms with Crippen LogP contribution in [0, 0.1) is 0 Å². The lowest BCUT2D eigenvalue weighted by molar-refractivity contribution is 0.0698. The van der Waals surface area contributed by atoms with Crippen LogP contribution >= 0.6 is 0 Å². The van der Waals surface area contributed by atoms with Crippen LogP contribution in [0.5, 0.6) is 5.75 Å². The van der Waals surface area contributed by atoms with Crippen LogP contribution in [0.25, 0.3) is 11.0 Å². The van der Waals surface area contributed by atoms with Crippen LogP contribution in [-0.2, 0) is 0 Å². The van der Waals surface area contributed by atoms with Crippen LogP contribution in [-0.4, -0.2) is 18.2 Å². The van der Waals surface area contributed by atoms with Crippen molar-refractivity contribution in [1.29, 1.82) is 0 Å². The van der Waals surface area contributed by atoms with Gasteiger partial charge >= 0.3 is 5.97 Å². The number of hydrogen-bond acceptors (Lipinski definition) is 3. The number of benzene rings is 1. The van der Waals surface area contributed by atoms with E-state index >= 15 is 0 Å². The Kier molecular flexibility index (Phi) is 1.89. The van der Waals surface area contributed by atoms with Gasteiger partial charge in [-0.3, -0.25) is 0 Å². The predicted molar refractivity (Wildman–Crippen MR) is 49.7 cm³/mol. The molecule has 4 heteroatoms. The van der Waals surface area contributed by atoms with E-state index in [1.54, 1.807) is 18.2 Å². The molecule has 0 unspecified atom stereocenters. The molecule has 1 heterocycles. The molecule has 0 spiro atoms. The van der Waals surface area contributed by atoms with Gasteiger partial charge in [0.05, 0.1) is 12.5 Å². The lowest BCUT2D eigenvalue weighted by Crippen LogP contribution is -1.95. The fraction of sp³-hybridized carbons (Fsp3) is 0.100. The molecule has 14 heavy (non-hydrogen) atoms. The zero-order valence-corrected chi connectivity index (χ0v) is 7.48. The first kappa shape index (κ1) is 8.62. The van der Waals surface area contributed by atoms with E-state index in [0.717, 1.165) is 0 Å². The van der Waals surface area contributed by atoms with Crippen LogP contribution in [0.2, 0.25) is 0 Å². The molecule has 2 aromatic rings. The third kappa shape index (κ3) is 1.12. The van der Waals surface area contributed by atoms with E-state index in [2.05, 4.69) is 0 Å². The smallest absolute Gasteiger partial charge is 0.339 e. The highest BCUT2D eigenvalue weighted by molar-refractivity contribution is 6.04. The maximum absolute atomic E-state index is 10.8. The number of carboxylic acids is 1. The summed E-state index contributed by atoms with van der Waals surface area (Å²) in [6.45, 7) is 0. The topological polar surface area (TPSA) is 59.7 Å². The number of carbonyl (C=O) groups is 1. The van der Waals surface area contributed by atoms with E-state index in [1.807, 2.05) is 0 Å². The number of carboxylic acid groups (broad SMARTS) is 1. The molecule has 1 aromatic heterocycles. The van der Waals surface area contributed by atoms with Crippen molar-refractivity contribution in [2.24, 2.45) is 0 Å². The van der Waals surface area contributed by atoms with Gasteiger partial charge < -0.3 is 14.3 Å². The highest BCUT2D eigenvalue weighted by Crippen LogP contribution is 2.30. The average molecular weight is 192 g/mol. The van der Waals surface area contributed by atoms with Gasteiger partial charge in [-0.05, 0) is 12.1 Å². The lowest BCUT2D eigenvalue weighted by Gasteiger charge is -2.00. The summed E-state index contributed by atoms with van der Waals surface area (Å²) in [5.74, 6) is -0.512. The van der Waals surface area contributed by atoms with Crippen LogP contribution < -0.4 is 4.74 Å². The summed E-state index contributed by atoms with van der Waals surface area (Å²) in [6, 6.07) is 5.14. The van der Waals surface area contributed by atoms with Crippen molar-refractivity contribution in [3.8, 4) is 5.75 Å². The largest absolute Gasteiger partial charge is 0.496 e. The molecule has 0 aliphatic carbocycles. The Bertz CT molecular complexity index is 484. The predicted octanol–water partition coefficient (Wildman–Crippen LogP) is 2.14. The van der Waals surface area contributed by atoms with Gasteiger partial charge in [-0.15, -0.1) is 0 Å². The minimum Gasteiger partial charge on any atom is -0.496 e. The normalized spacial score (nSPS) is 10.4. The van der Waals surface area contributed by atoms with E-state index in [1.165, 1.54) is 13.4 Å². The second-order valence-electron chi connectivity index (χ2n) is 2.79. The average Bonchev–Trinajstić information content (AvgIpc) is 2.60. The Morgan fingerprint density at radius 1 is 1.50 bits per heavy atom. The first-order chi connectivity index (χ1) is 6.74. The van der Waals surface area contributed by atoms with Gasteiger partial charge in [-0.1, -0.05) is 6.07 Å². The zero-order valence-electron chi connectivity index (χ0n) is 7.48. The summed E-state index contributed by atoms with van der Waals surface area (Å²) in [5, 5.41) is 9.38. The van der Waals surface area contributed by atoms with Crippen molar-refractivity contribution in [3.05, 3.63) is 30.0 Å². The molecule has 0 aliphatic heterocycles. The van der Waals surface area contributed by atoms with Crippen molar-refractivity contribution in [1.82, 2.24) is 0 Å². The maximum Gasteiger partial charge on any atom is 0.339 e. The highest BCUT2D eigenvalue weighted by atomic mass is 16.5. The van der Waals surface area contributed by atoms with Crippen LogP contribution in [0.3, 0.4) is 0 Å². The molecule has 4 nitrogen and oxygen atoms in total. The highest BCUT2D eigenvalue weighted by Gasteiger charge is 2.15. The molecular formula is C10H8O4. The van der Waals surface area contributed by atoms with E-state index in [4.69, 9.17) is 14.3 Å². The van der Waals surface area contributed by atoms with Gasteiger partial charge in [-0.2, -0.15) is 0 Å². The first-order valence-corrected chi connectivity index (χ1v) is 4.01. The first-order valence-electron chi connectivity index (χ1n) is 4.01. The second-order valence-corrected chi connectivity index (χ2v) is 2.79. The SMILES string of the molecule is COc1cccc2occ(C(=O)O)c12. The van der Waals surface area contributed by atoms with Gasteiger partial charge in [0, 0.05) is 0 Å². The monoisotopic (exact) mass is 192 g/mol. The third-order valence-electron chi connectivity index (χ3n) is 2.01. The van der Waals surface area contributed by atoms with Crippen LogP contribution in [0.15, 0.2) is 28.9 Å². The molecule has 2 rings (SSSR count). The fourth-order valence-electron chi connectivity index (χ4n) is 1.38. The molecule has 0 aliphatic rings. The Morgan fingerprint density at radius 3 is 2.93 bits per heavy atom. The van der Waals surface area contributed by atoms with E-state index in [-0.39, 0.29) is 5.56 Å². The van der Waals surface area contributed by atoms with Gasteiger partial charge in [0.15, 0.2) is 0 Å². The fourth-order valence-corrected chi connectivity index (χ4v) is 1.38. The number of hydrogen-bond donors (Lipinski definition) is 1. The minimum absolute atomic E-state index is 0.123. The number of ether oxygens (including phenoxy) is 1. The number of methoxy groups -OCH3 is 1. The molecule has 0 saturated heterocycles. The molecule has 0 saturated carbocycles. The number of aromatic carboxylic acids is 1. The van der Waals surface area contributed by atoms with Crippen molar-refractivity contribution >= 4 is 16.9 Å². The molecule has 0 fully saturated rings. The Morgan fingerprint density at radius 2 is 2.29 bits per heavy atom. The van der Waals surface area contributed by atoms with Gasteiger partial charge in [-0.25, -0.2) is 4.79 Å². The maximum atomic E-state index is 10.8. The molecule has 0 atom stereocenters. The Hall–Kier alpha value is -1.97. The molecule has 72 valence electrons. The van der Waals surface area contributed by atoms with E-state index < -0.39 is 5.97 Å². The van der Waals surface area contributed by atoms with Crippen LogP contribution in [0.1, 0.15) is 10.4 Å². The van der Waals surface area contributed by atoms with Gasteiger partial charge in [0.25, 0.3) is 0 Å². The van der Waals surface area contributed by atoms with Gasteiger partial charge in [0.1, 0.15) is 23.2 Å². The summed E-state index contributed by atoms with van der Waals surface area (Å²) in [7, 11) is 1.49. The van der Waals surface area contributed by atoms with Gasteiger partial charge in [0.2, 0.25) is 0 Å². The van der Waals surface area contributed by atoms with E-state index in [0.29, 0.717) is 16.7 Å². The molecule has 0 radical (unpaired) electrons. The molecular weight excluding hydrogens is 184 g/mol.